The molecule has 168 valence electrons. The van der Waals surface area contributed by atoms with Crippen molar-refractivity contribution in [3.63, 3.8) is 0 Å². The zero-order valence-corrected chi connectivity index (χ0v) is 19.8. The normalized spacial score (nSPS) is 15.8. The number of aryl methyl sites for hydroxylation is 2. The molecule has 0 spiro atoms. The minimum atomic E-state index is -0.120. The number of carbonyl (C=O) groups excluding carboxylic acids is 1. The maximum Gasteiger partial charge on any atom is 0.259 e. The molecule has 7 nitrogen and oxygen atoms in total. The second-order valence-electron chi connectivity index (χ2n) is 7.83. The molecule has 3 aromatic rings. The van der Waals surface area contributed by atoms with Gasteiger partial charge in [0.1, 0.15) is 10.7 Å². The summed E-state index contributed by atoms with van der Waals surface area (Å²) in [5.74, 6) is 1.20. The van der Waals surface area contributed by atoms with E-state index in [4.69, 9.17) is 16.3 Å². The number of fused-ring (bicyclic) bond motifs is 3. The first-order valence-electron chi connectivity index (χ1n) is 10.6. The molecule has 0 saturated carbocycles. The topological polar surface area (TPSA) is 87.3 Å². The molecule has 1 saturated heterocycles. The fraction of sp³-hybridized carbons (Fsp3) is 0.409. The van der Waals surface area contributed by atoms with Crippen molar-refractivity contribution in [1.29, 1.82) is 0 Å². The lowest BCUT2D eigenvalue weighted by Gasteiger charge is -2.31. The van der Waals surface area contributed by atoms with E-state index in [1.54, 1.807) is 11.3 Å². The highest BCUT2D eigenvalue weighted by Gasteiger charge is 2.22. The highest BCUT2D eigenvalue weighted by molar-refractivity contribution is 7.99. The average molecular weight is 491 g/mol. The Morgan fingerprint density at radius 2 is 2.16 bits per heavy atom. The lowest BCUT2D eigenvalue weighted by Crippen LogP contribution is -2.37. The monoisotopic (exact) mass is 490 g/mol. The fourth-order valence-corrected chi connectivity index (χ4v) is 6.53. The van der Waals surface area contributed by atoms with Crippen molar-refractivity contribution in [2.24, 2.45) is 0 Å². The number of nitrogens with one attached hydrogen (secondary N) is 2. The molecule has 5 rings (SSSR count). The van der Waals surface area contributed by atoms with Gasteiger partial charge in [-0.1, -0.05) is 17.7 Å². The average Bonchev–Trinajstić information content (AvgIpc) is 3.35. The molecule has 0 bridgehead atoms. The smallest absolute Gasteiger partial charge is 0.259 e. The summed E-state index contributed by atoms with van der Waals surface area (Å²) in [4.78, 5) is 37.0. The van der Waals surface area contributed by atoms with Gasteiger partial charge in [-0.25, -0.2) is 4.98 Å². The van der Waals surface area contributed by atoms with Crippen LogP contribution in [0.25, 0.3) is 10.2 Å². The quantitative estimate of drug-likeness (QED) is 0.546. The molecule has 1 fully saturated rings. The molecule has 3 heterocycles. The molecule has 0 radical (unpaired) electrons. The molecule has 2 N–H and O–H groups in total. The maximum absolute atomic E-state index is 12.6. The van der Waals surface area contributed by atoms with Gasteiger partial charge in [0.2, 0.25) is 5.91 Å². The van der Waals surface area contributed by atoms with Crippen LogP contribution in [0.5, 0.6) is 0 Å². The number of anilines is 2. The van der Waals surface area contributed by atoms with Crippen LogP contribution in [-0.4, -0.2) is 47.9 Å². The number of H-pyrrole nitrogens is 1. The number of aromatic amines is 1. The third kappa shape index (κ3) is 4.39. The molecule has 0 unspecified atom stereocenters. The van der Waals surface area contributed by atoms with Gasteiger partial charge >= 0.3 is 0 Å². The predicted molar refractivity (Wildman–Crippen MR) is 132 cm³/mol. The van der Waals surface area contributed by atoms with E-state index in [0.717, 1.165) is 48.3 Å². The first-order chi connectivity index (χ1) is 15.6. The SMILES string of the molecule is O=C(CSCc1nc2sc3c(c2c(=O)[nH]1)CCC3)Nc1cccc(Cl)c1N1CCOCC1. The highest BCUT2D eigenvalue weighted by atomic mass is 35.5. The third-order valence-electron chi connectivity index (χ3n) is 5.68. The van der Waals surface area contributed by atoms with Crippen molar-refractivity contribution in [3.05, 3.63) is 49.8 Å². The van der Waals surface area contributed by atoms with Gasteiger partial charge in [-0.3, -0.25) is 9.59 Å². The predicted octanol–water partition coefficient (Wildman–Crippen LogP) is 3.84. The maximum atomic E-state index is 12.6. The van der Waals surface area contributed by atoms with Crippen LogP contribution in [0.15, 0.2) is 23.0 Å². The van der Waals surface area contributed by atoms with Crippen LogP contribution in [0, 0.1) is 0 Å². The van der Waals surface area contributed by atoms with Gasteiger partial charge in [0.15, 0.2) is 0 Å². The Morgan fingerprint density at radius 1 is 1.31 bits per heavy atom. The molecular formula is C22H23ClN4O3S2. The van der Waals surface area contributed by atoms with Crippen LogP contribution < -0.4 is 15.8 Å². The Kier molecular flexibility index (Phi) is 6.41. The minimum Gasteiger partial charge on any atom is -0.378 e. The summed E-state index contributed by atoms with van der Waals surface area (Å²) in [6, 6.07) is 5.52. The Labute approximate surface area is 198 Å². The van der Waals surface area contributed by atoms with Crippen molar-refractivity contribution in [3.8, 4) is 0 Å². The molecule has 2 aromatic heterocycles. The fourth-order valence-electron chi connectivity index (χ4n) is 4.27. The summed E-state index contributed by atoms with van der Waals surface area (Å²) in [6.07, 6.45) is 3.11. The van der Waals surface area contributed by atoms with E-state index in [-0.39, 0.29) is 17.2 Å². The van der Waals surface area contributed by atoms with Crippen LogP contribution in [0.4, 0.5) is 11.4 Å². The Balaban J connectivity index is 1.23. The summed E-state index contributed by atoms with van der Waals surface area (Å²) in [5, 5.41) is 4.35. The van der Waals surface area contributed by atoms with E-state index in [9.17, 15) is 9.59 Å². The zero-order valence-electron chi connectivity index (χ0n) is 17.4. The van der Waals surface area contributed by atoms with Crippen LogP contribution in [0.1, 0.15) is 22.7 Å². The Morgan fingerprint density at radius 3 is 3.00 bits per heavy atom. The molecule has 1 amide bonds. The summed E-state index contributed by atoms with van der Waals surface area (Å²) in [5.41, 5.74) is 2.64. The molecule has 0 atom stereocenters. The van der Waals surface area contributed by atoms with E-state index >= 15 is 0 Å². The van der Waals surface area contributed by atoms with Gasteiger partial charge in [-0.15, -0.1) is 23.1 Å². The largest absolute Gasteiger partial charge is 0.378 e. The summed E-state index contributed by atoms with van der Waals surface area (Å²) < 4.78 is 5.42. The Bertz CT molecular complexity index is 1220. The number of carbonyl (C=O) groups is 1. The van der Waals surface area contributed by atoms with Crippen molar-refractivity contribution < 1.29 is 9.53 Å². The van der Waals surface area contributed by atoms with Crippen molar-refractivity contribution in [2.75, 3.05) is 42.3 Å². The molecule has 32 heavy (non-hydrogen) atoms. The molecule has 1 aliphatic carbocycles. The van der Waals surface area contributed by atoms with E-state index in [2.05, 4.69) is 20.2 Å². The van der Waals surface area contributed by atoms with Gasteiger partial charge in [-0.05, 0) is 37.0 Å². The van der Waals surface area contributed by atoms with E-state index in [1.165, 1.54) is 22.2 Å². The second-order valence-corrected chi connectivity index (χ2v) is 10.3. The lowest BCUT2D eigenvalue weighted by molar-refractivity contribution is -0.113. The number of amides is 1. The van der Waals surface area contributed by atoms with Crippen molar-refractivity contribution >= 4 is 62.2 Å². The van der Waals surface area contributed by atoms with Gasteiger partial charge in [0.05, 0.1) is 46.5 Å². The Hall–Kier alpha value is -2.07. The number of rotatable bonds is 6. The number of halogens is 1. The summed E-state index contributed by atoms with van der Waals surface area (Å²) in [6.45, 7) is 2.73. The first kappa shape index (κ1) is 21.8. The van der Waals surface area contributed by atoms with Gasteiger partial charge in [0, 0.05) is 18.0 Å². The van der Waals surface area contributed by atoms with E-state index < -0.39 is 0 Å². The van der Waals surface area contributed by atoms with Crippen LogP contribution in [0.2, 0.25) is 5.02 Å². The molecule has 10 heteroatoms. The number of para-hydroxylation sites is 1. The van der Waals surface area contributed by atoms with E-state index in [0.29, 0.717) is 35.5 Å². The number of benzene rings is 1. The van der Waals surface area contributed by atoms with Crippen molar-refractivity contribution in [1.82, 2.24) is 9.97 Å². The number of nitrogens with zero attached hydrogens (tertiary/aromatic N) is 2. The molecule has 1 aliphatic heterocycles. The molecular weight excluding hydrogens is 468 g/mol. The standard InChI is InChI=1S/C22H23ClN4O3S2/c23-14-4-2-5-15(20(14)27-7-9-30-10-8-27)24-18(28)12-31-11-17-25-21(29)19-13-3-1-6-16(13)32-22(19)26-17/h2,4-5H,1,3,6-12H2,(H,24,28)(H,25,26,29). The minimum absolute atomic E-state index is 0.0662. The number of thiophene rings is 1. The van der Waals surface area contributed by atoms with Crippen LogP contribution >= 0.6 is 34.7 Å². The van der Waals surface area contributed by atoms with Gasteiger partial charge < -0.3 is 19.9 Å². The number of thioether (sulfide) groups is 1. The molecule has 1 aromatic carbocycles. The number of hydrogen-bond acceptors (Lipinski definition) is 7. The summed E-state index contributed by atoms with van der Waals surface area (Å²) in [7, 11) is 0. The van der Waals surface area contributed by atoms with Crippen LogP contribution in [0.3, 0.4) is 0 Å². The number of aromatic nitrogens is 2. The lowest BCUT2D eigenvalue weighted by atomic mass is 10.2. The number of morpholine rings is 1. The highest BCUT2D eigenvalue weighted by Crippen LogP contribution is 2.35. The zero-order chi connectivity index (χ0) is 22.1. The number of ether oxygens (including phenoxy) is 1. The second kappa shape index (κ2) is 9.43. The van der Waals surface area contributed by atoms with E-state index in [1.807, 2.05) is 18.2 Å². The van der Waals surface area contributed by atoms with Crippen molar-refractivity contribution in [2.45, 2.75) is 25.0 Å². The first-order valence-corrected chi connectivity index (χ1v) is 13.0. The van der Waals surface area contributed by atoms with Gasteiger partial charge in [0.25, 0.3) is 5.56 Å². The summed E-state index contributed by atoms with van der Waals surface area (Å²) >= 11 is 9.49. The number of hydrogen-bond donors (Lipinski definition) is 2. The van der Waals surface area contributed by atoms with Gasteiger partial charge in [-0.2, -0.15) is 0 Å². The van der Waals surface area contributed by atoms with Crippen LogP contribution in [-0.2, 0) is 28.1 Å². The molecule has 2 aliphatic rings. The third-order valence-corrected chi connectivity index (χ3v) is 8.12.